The number of carboxylic acids is 1. The number of carboxylic acid groups (broad SMARTS) is 1. The summed E-state index contributed by atoms with van der Waals surface area (Å²) in [4.78, 5) is 50.9. The van der Waals surface area contributed by atoms with Crippen LogP contribution in [0.1, 0.15) is 30.4 Å². The lowest BCUT2D eigenvalue weighted by Gasteiger charge is -2.25. The van der Waals surface area contributed by atoms with Crippen molar-refractivity contribution in [2.45, 2.75) is 56.3 Å². The molecule has 4 atom stereocenters. The summed E-state index contributed by atoms with van der Waals surface area (Å²) in [5, 5.41) is 17.6. The van der Waals surface area contributed by atoms with E-state index in [0.29, 0.717) is 19.4 Å². The minimum Gasteiger partial charge on any atom is -0.480 e. The summed E-state index contributed by atoms with van der Waals surface area (Å²) in [6.07, 6.45) is 1.65. The monoisotopic (exact) mass is 543 g/mol. The molecule has 0 aliphatic rings. The Labute approximate surface area is 228 Å². The van der Waals surface area contributed by atoms with Crippen molar-refractivity contribution in [3.63, 3.8) is 0 Å². The zero-order chi connectivity index (χ0) is 27.9. The average Bonchev–Trinajstić information content (AvgIpc) is 2.92. The van der Waals surface area contributed by atoms with Gasteiger partial charge in [-0.2, -0.15) is 12.6 Å². The van der Waals surface area contributed by atoms with Crippen molar-refractivity contribution in [3.8, 4) is 0 Å². The highest BCUT2D eigenvalue weighted by molar-refractivity contribution is 7.80. The normalized spacial score (nSPS) is 14.0. The molecule has 2 rings (SSSR count). The summed E-state index contributed by atoms with van der Waals surface area (Å²) in [5.41, 5.74) is 12.9. The summed E-state index contributed by atoms with van der Waals surface area (Å²) in [6, 6.07) is 13.9. The molecule has 0 aliphatic heterocycles. The van der Waals surface area contributed by atoms with E-state index in [2.05, 4.69) is 28.6 Å². The maximum Gasteiger partial charge on any atom is 0.326 e. The van der Waals surface area contributed by atoms with Crippen LogP contribution in [0.2, 0.25) is 0 Å². The van der Waals surface area contributed by atoms with Crippen LogP contribution in [-0.2, 0) is 32.0 Å². The minimum absolute atomic E-state index is 0.0830. The van der Waals surface area contributed by atoms with Gasteiger partial charge in [0.2, 0.25) is 17.7 Å². The third-order valence-electron chi connectivity index (χ3n) is 5.93. The number of thiol groups is 1. The van der Waals surface area contributed by atoms with Gasteiger partial charge in [0, 0.05) is 18.6 Å². The third kappa shape index (κ3) is 10.5. The van der Waals surface area contributed by atoms with Gasteiger partial charge in [-0.25, -0.2) is 4.79 Å². The molecule has 2 aromatic rings. The zero-order valence-corrected chi connectivity index (χ0v) is 22.1. The van der Waals surface area contributed by atoms with Crippen LogP contribution in [0, 0.1) is 0 Å². The van der Waals surface area contributed by atoms with Crippen molar-refractivity contribution in [1.82, 2.24) is 16.0 Å². The molecule has 38 heavy (non-hydrogen) atoms. The Bertz CT molecular complexity index is 1040. The summed E-state index contributed by atoms with van der Waals surface area (Å²) in [6.45, 7) is 0.405. The first-order valence-corrected chi connectivity index (χ1v) is 13.2. The Morgan fingerprint density at radius 1 is 0.737 bits per heavy atom. The number of carbonyl (C=O) groups is 4. The number of hydrogen-bond acceptors (Lipinski definition) is 7. The van der Waals surface area contributed by atoms with E-state index in [4.69, 9.17) is 11.5 Å². The number of rotatable bonds is 16. The fourth-order valence-electron chi connectivity index (χ4n) is 3.78. The maximum atomic E-state index is 13.3. The lowest BCUT2D eigenvalue weighted by atomic mass is 10.0. The quantitative estimate of drug-likeness (QED) is 0.118. The Balaban J connectivity index is 2.20. The fourth-order valence-corrected chi connectivity index (χ4v) is 3.94. The topological polar surface area (TPSA) is 177 Å². The van der Waals surface area contributed by atoms with Gasteiger partial charge in [0.25, 0.3) is 0 Å². The van der Waals surface area contributed by atoms with E-state index in [-0.39, 0.29) is 25.0 Å². The molecule has 0 radical (unpaired) electrons. The highest BCUT2D eigenvalue weighted by atomic mass is 32.1. The molecule has 0 aliphatic carbocycles. The lowest BCUT2D eigenvalue weighted by molar-refractivity contribution is -0.142. The second-order valence-corrected chi connectivity index (χ2v) is 9.34. The van der Waals surface area contributed by atoms with Crippen molar-refractivity contribution in [2.75, 3.05) is 12.3 Å². The Morgan fingerprint density at radius 2 is 1.21 bits per heavy atom. The van der Waals surface area contributed by atoms with Crippen LogP contribution < -0.4 is 27.4 Å². The number of unbranched alkanes of at least 4 members (excludes halogenated alkanes) is 1. The average molecular weight is 544 g/mol. The summed E-state index contributed by atoms with van der Waals surface area (Å²) in [5.74, 6) is -2.86. The number of amides is 3. The second-order valence-electron chi connectivity index (χ2n) is 8.97. The molecule has 11 heteroatoms. The molecule has 10 nitrogen and oxygen atoms in total. The van der Waals surface area contributed by atoms with E-state index in [1.165, 1.54) is 0 Å². The van der Waals surface area contributed by atoms with Crippen LogP contribution in [0.15, 0.2) is 60.7 Å². The first kappa shape index (κ1) is 30.8. The number of benzene rings is 2. The van der Waals surface area contributed by atoms with Crippen molar-refractivity contribution >= 4 is 36.3 Å². The van der Waals surface area contributed by atoms with E-state index in [1.807, 2.05) is 36.4 Å². The van der Waals surface area contributed by atoms with E-state index < -0.39 is 47.9 Å². The molecule has 3 amide bonds. The van der Waals surface area contributed by atoms with Gasteiger partial charge >= 0.3 is 5.97 Å². The van der Waals surface area contributed by atoms with Gasteiger partial charge in [0.05, 0.1) is 6.04 Å². The Kier molecular flexibility index (Phi) is 13.3. The van der Waals surface area contributed by atoms with Crippen LogP contribution in [0.25, 0.3) is 0 Å². The molecule has 0 bridgehead atoms. The highest BCUT2D eigenvalue weighted by Gasteiger charge is 2.30. The van der Waals surface area contributed by atoms with Gasteiger partial charge in [-0.3, -0.25) is 14.4 Å². The molecule has 0 saturated carbocycles. The molecular formula is C27H37N5O5S. The van der Waals surface area contributed by atoms with E-state index >= 15 is 0 Å². The SMILES string of the molecule is NCCCCC(NC(=O)C(Cc1ccccc1)NC(=O)C(N)CS)C(=O)NC(Cc1ccccc1)C(=O)O. The van der Waals surface area contributed by atoms with Crippen molar-refractivity contribution < 1.29 is 24.3 Å². The van der Waals surface area contributed by atoms with Crippen LogP contribution in [0.4, 0.5) is 0 Å². The number of hydrogen-bond donors (Lipinski definition) is 7. The number of aliphatic carboxylic acids is 1. The number of carbonyl (C=O) groups excluding carboxylic acids is 3. The molecule has 2 aromatic carbocycles. The lowest BCUT2D eigenvalue weighted by Crippen LogP contribution is -2.58. The molecule has 4 unspecified atom stereocenters. The molecule has 0 spiro atoms. The van der Waals surface area contributed by atoms with Crippen molar-refractivity contribution in [2.24, 2.45) is 11.5 Å². The minimum atomic E-state index is -1.19. The number of nitrogens with two attached hydrogens (primary N) is 2. The van der Waals surface area contributed by atoms with Crippen LogP contribution in [0.5, 0.6) is 0 Å². The molecular weight excluding hydrogens is 506 g/mol. The summed E-state index contributed by atoms with van der Waals surface area (Å²) < 4.78 is 0. The third-order valence-corrected chi connectivity index (χ3v) is 6.32. The standard InChI is InChI=1S/C27H37N5O5S/c28-14-8-7-13-21(25(34)32-23(27(36)37)16-19-11-5-2-6-12-19)30-26(35)22(31-24(33)20(29)17-38)15-18-9-3-1-4-10-18/h1-6,9-12,20-23,38H,7-8,13-17,28-29H2,(H,30,35)(H,31,33)(H,32,34)(H,36,37). The second kappa shape index (κ2) is 16.4. The molecule has 0 fully saturated rings. The van der Waals surface area contributed by atoms with E-state index in [0.717, 1.165) is 11.1 Å². The predicted molar refractivity (Wildman–Crippen MR) is 148 cm³/mol. The predicted octanol–water partition coefficient (Wildman–Crippen LogP) is 0.397. The number of nitrogens with one attached hydrogen (secondary N) is 3. The van der Waals surface area contributed by atoms with Crippen LogP contribution in [-0.4, -0.2) is 65.3 Å². The smallest absolute Gasteiger partial charge is 0.326 e. The summed E-state index contributed by atoms with van der Waals surface area (Å²) >= 11 is 4.04. The molecule has 0 saturated heterocycles. The molecule has 206 valence electrons. The van der Waals surface area contributed by atoms with Gasteiger partial charge in [-0.15, -0.1) is 0 Å². The first-order valence-electron chi connectivity index (χ1n) is 12.5. The molecule has 0 aromatic heterocycles. The van der Waals surface area contributed by atoms with Crippen molar-refractivity contribution in [3.05, 3.63) is 71.8 Å². The van der Waals surface area contributed by atoms with Gasteiger partial charge < -0.3 is 32.5 Å². The maximum absolute atomic E-state index is 13.3. The largest absolute Gasteiger partial charge is 0.480 e. The first-order chi connectivity index (χ1) is 18.2. The highest BCUT2D eigenvalue weighted by Crippen LogP contribution is 2.09. The van der Waals surface area contributed by atoms with E-state index in [1.54, 1.807) is 24.3 Å². The van der Waals surface area contributed by atoms with Gasteiger partial charge in [0.15, 0.2) is 0 Å². The zero-order valence-electron chi connectivity index (χ0n) is 21.2. The van der Waals surface area contributed by atoms with Gasteiger partial charge in [0.1, 0.15) is 18.1 Å². The fraction of sp³-hybridized carbons (Fsp3) is 0.407. The van der Waals surface area contributed by atoms with E-state index in [9.17, 15) is 24.3 Å². The van der Waals surface area contributed by atoms with Gasteiger partial charge in [-0.05, 0) is 36.9 Å². The van der Waals surface area contributed by atoms with Crippen LogP contribution in [0.3, 0.4) is 0 Å². The summed E-state index contributed by atoms with van der Waals surface area (Å²) in [7, 11) is 0. The molecule has 0 heterocycles. The Morgan fingerprint density at radius 3 is 1.71 bits per heavy atom. The van der Waals surface area contributed by atoms with Gasteiger partial charge in [-0.1, -0.05) is 60.7 Å². The van der Waals surface area contributed by atoms with Crippen LogP contribution >= 0.6 is 12.6 Å². The Hall–Kier alpha value is -3.41. The van der Waals surface area contributed by atoms with Crippen molar-refractivity contribution in [1.29, 1.82) is 0 Å². The molecule has 8 N–H and O–H groups in total.